The van der Waals surface area contributed by atoms with Crippen molar-refractivity contribution in [2.75, 3.05) is 0 Å². The van der Waals surface area contributed by atoms with Gasteiger partial charge in [-0.25, -0.2) is 4.98 Å². The van der Waals surface area contributed by atoms with Gasteiger partial charge in [-0.05, 0) is 95.6 Å². The fraction of sp³-hybridized carbons (Fsp3) is 0.0588. The second kappa shape index (κ2) is 10.8. The zero-order valence-corrected chi connectivity index (χ0v) is 24.5. The monoisotopic (exact) mass is 636 g/mol. The van der Waals surface area contributed by atoms with Gasteiger partial charge in [0.25, 0.3) is 0 Å². The highest BCUT2D eigenvalue weighted by molar-refractivity contribution is 14.1. The molecule has 0 aliphatic heterocycles. The standard InChI is InChI=1S/C34H25IN2OS/c1-21-14-22(2)16-24(15-21)25-18-29(23-8-4-3-5-9-23)33-32(19-25)39-34(37-33)28-10-6-7-11-30(28)36-20-26-17-27(35)12-13-31(26)38/h3-20,38H,1-2H3/b36-20+. The summed E-state index contributed by atoms with van der Waals surface area (Å²) in [4.78, 5) is 9.94. The minimum atomic E-state index is 0.211. The summed E-state index contributed by atoms with van der Waals surface area (Å²) >= 11 is 3.92. The van der Waals surface area contributed by atoms with E-state index < -0.39 is 0 Å². The van der Waals surface area contributed by atoms with Crippen molar-refractivity contribution >= 4 is 56.0 Å². The van der Waals surface area contributed by atoms with Gasteiger partial charge in [-0.2, -0.15) is 0 Å². The summed E-state index contributed by atoms with van der Waals surface area (Å²) in [5, 5.41) is 11.2. The Balaban J connectivity index is 1.51. The normalized spacial score (nSPS) is 11.5. The van der Waals surface area contributed by atoms with Crippen LogP contribution in [-0.2, 0) is 0 Å². The van der Waals surface area contributed by atoms with Gasteiger partial charge in [0.05, 0.1) is 15.9 Å². The number of benzene rings is 5. The molecule has 6 rings (SSSR count). The van der Waals surface area contributed by atoms with Gasteiger partial charge in [-0.3, -0.25) is 4.99 Å². The Hall–Kier alpha value is -3.81. The molecule has 0 bridgehead atoms. The van der Waals surface area contributed by atoms with Crippen LogP contribution in [0.25, 0.3) is 43.0 Å². The number of aliphatic imine (C=N–C) groups is 1. The average Bonchev–Trinajstić information content (AvgIpc) is 3.37. The van der Waals surface area contributed by atoms with E-state index in [9.17, 15) is 5.11 Å². The van der Waals surface area contributed by atoms with Crippen LogP contribution in [0.15, 0.2) is 108 Å². The molecule has 190 valence electrons. The van der Waals surface area contributed by atoms with Crippen molar-refractivity contribution in [1.29, 1.82) is 0 Å². The van der Waals surface area contributed by atoms with Crippen molar-refractivity contribution in [3.63, 3.8) is 0 Å². The van der Waals surface area contributed by atoms with Gasteiger partial charge < -0.3 is 5.11 Å². The lowest BCUT2D eigenvalue weighted by atomic mass is 9.96. The molecule has 1 N–H and O–H groups in total. The zero-order valence-electron chi connectivity index (χ0n) is 21.5. The van der Waals surface area contributed by atoms with Gasteiger partial charge in [0.1, 0.15) is 10.8 Å². The molecule has 0 spiro atoms. The van der Waals surface area contributed by atoms with Crippen LogP contribution < -0.4 is 0 Å². The molecule has 0 radical (unpaired) electrons. The number of phenols is 1. The molecule has 0 saturated carbocycles. The van der Waals surface area contributed by atoms with Crippen LogP contribution in [0.3, 0.4) is 0 Å². The predicted octanol–water partition coefficient (Wildman–Crippen LogP) is 9.97. The van der Waals surface area contributed by atoms with Gasteiger partial charge in [-0.1, -0.05) is 71.8 Å². The van der Waals surface area contributed by atoms with Gasteiger partial charge in [0, 0.05) is 26.5 Å². The largest absolute Gasteiger partial charge is 0.507 e. The third kappa shape index (κ3) is 5.37. The molecule has 6 aromatic rings. The Kier molecular flexibility index (Phi) is 7.02. The predicted molar refractivity (Wildman–Crippen MR) is 173 cm³/mol. The van der Waals surface area contributed by atoms with E-state index >= 15 is 0 Å². The molecule has 0 aliphatic carbocycles. The second-order valence-electron chi connectivity index (χ2n) is 9.61. The molecule has 0 amide bonds. The summed E-state index contributed by atoms with van der Waals surface area (Å²) in [6.07, 6.45) is 1.72. The number of thiazole rings is 1. The lowest BCUT2D eigenvalue weighted by molar-refractivity contribution is 0.474. The first-order chi connectivity index (χ1) is 18.9. The maximum Gasteiger partial charge on any atom is 0.126 e. The number of halogens is 1. The van der Waals surface area contributed by atoms with Gasteiger partial charge in [-0.15, -0.1) is 11.3 Å². The van der Waals surface area contributed by atoms with E-state index in [4.69, 9.17) is 9.98 Å². The molecule has 0 fully saturated rings. The summed E-state index contributed by atoms with van der Waals surface area (Å²) < 4.78 is 2.17. The van der Waals surface area contributed by atoms with Crippen LogP contribution in [0.2, 0.25) is 0 Å². The molecule has 0 atom stereocenters. The first-order valence-electron chi connectivity index (χ1n) is 12.7. The number of aromatic nitrogens is 1. The Morgan fingerprint density at radius 2 is 1.46 bits per heavy atom. The lowest BCUT2D eigenvalue weighted by Crippen LogP contribution is -1.87. The molecule has 0 aliphatic rings. The molecule has 1 heterocycles. The maximum absolute atomic E-state index is 10.3. The highest BCUT2D eigenvalue weighted by Gasteiger charge is 2.16. The highest BCUT2D eigenvalue weighted by atomic mass is 127. The Bertz CT molecular complexity index is 1840. The van der Waals surface area contributed by atoms with Crippen molar-refractivity contribution in [3.8, 4) is 38.6 Å². The van der Waals surface area contributed by atoms with Crippen LogP contribution in [0, 0.1) is 17.4 Å². The number of fused-ring (bicyclic) bond motifs is 1. The number of aromatic hydroxyl groups is 1. The quantitative estimate of drug-likeness (QED) is 0.151. The maximum atomic E-state index is 10.3. The van der Waals surface area contributed by atoms with Crippen molar-refractivity contribution in [3.05, 3.63) is 123 Å². The van der Waals surface area contributed by atoms with Gasteiger partial charge in [0.15, 0.2) is 0 Å². The Morgan fingerprint density at radius 1 is 0.744 bits per heavy atom. The number of para-hydroxylation sites is 1. The molecule has 39 heavy (non-hydrogen) atoms. The number of hydrogen-bond donors (Lipinski definition) is 1. The number of aryl methyl sites for hydroxylation is 2. The Morgan fingerprint density at radius 3 is 2.26 bits per heavy atom. The SMILES string of the molecule is Cc1cc(C)cc(-c2cc(-c3ccccc3)c3nc(-c4ccccc4/N=C/c4cc(I)ccc4O)sc3c2)c1. The minimum absolute atomic E-state index is 0.211. The van der Waals surface area contributed by atoms with Crippen molar-refractivity contribution < 1.29 is 5.11 Å². The minimum Gasteiger partial charge on any atom is -0.507 e. The third-order valence-electron chi connectivity index (χ3n) is 6.60. The molecule has 0 saturated heterocycles. The number of rotatable bonds is 5. The molecule has 5 aromatic carbocycles. The summed E-state index contributed by atoms with van der Waals surface area (Å²) in [5.41, 5.74) is 10.6. The molecule has 0 unspecified atom stereocenters. The van der Waals surface area contributed by atoms with E-state index in [1.54, 1.807) is 23.6 Å². The van der Waals surface area contributed by atoms with E-state index in [1.807, 2.05) is 36.4 Å². The Labute approximate surface area is 245 Å². The fourth-order valence-corrected chi connectivity index (χ4v) is 6.41. The zero-order chi connectivity index (χ0) is 26.9. The fourth-order valence-electron chi connectivity index (χ4n) is 4.83. The molecular weight excluding hydrogens is 611 g/mol. The third-order valence-corrected chi connectivity index (χ3v) is 8.31. The van der Waals surface area contributed by atoms with Crippen LogP contribution in [0.1, 0.15) is 16.7 Å². The van der Waals surface area contributed by atoms with Gasteiger partial charge in [0.2, 0.25) is 0 Å². The average molecular weight is 637 g/mol. The van der Waals surface area contributed by atoms with E-state index in [0.717, 1.165) is 41.2 Å². The van der Waals surface area contributed by atoms with Crippen LogP contribution in [-0.4, -0.2) is 16.3 Å². The number of phenolic OH excluding ortho intramolecular Hbond substituents is 1. The van der Waals surface area contributed by atoms with Crippen molar-refractivity contribution in [1.82, 2.24) is 4.98 Å². The van der Waals surface area contributed by atoms with E-state index in [-0.39, 0.29) is 5.75 Å². The molecule has 1 aromatic heterocycles. The van der Waals surface area contributed by atoms with Crippen molar-refractivity contribution in [2.24, 2.45) is 4.99 Å². The molecule has 5 heteroatoms. The van der Waals surface area contributed by atoms with E-state index in [0.29, 0.717) is 5.56 Å². The molecular formula is C34H25IN2OS. The van der Waals surface area contributed by atoms with Crippen LogP contribution in [0.5, 0.6) is 5.75 Å². The molecule has 3 nitrogen and oxygen atoms in total. The summed E-state index contributed by atoms with van der Waals surface area (Å²) in [5.74, 6) is 0.211. The second-order valence-corrected chi connectivity index (χ2v) is 11.9. The summed E-state index contributed by atoms with van der Waals surface area (Å²) in [6, 6.07) is 35.2. The van der Waals surface area contributed by atoms with E-state index in [1.165, 1.54) is 22.3 Å². The van der Waals surface area contributed by atoms with Crippen LogP contribution in [0.4, 0.5) is 5.69 Å². The first-order valence-corrected chi connectivity index (χ1v) is 14.5. The van der Waals surface area contributed by atoms with E-state index in [2.05, 4.69) is 97.1 Å². The lowest BCUT2D eigenvalue weighted by Gasteiger charge is -2.09. The summed E-state index contributed by atoms with van der Waals surface area (Å²) in [7, 11) is 0. The number of nitrogens with zero attached hydrogens (tertiary/aromatic N) is 2. The smallest absolute Gasteiger partial charge is 0.126 e. The topological polar surface area (TPSA) is 45.5 Å². The van der Waals surface area contributed by atoms with Crippen LogP contribution >= 0.6 is 33.9 Å². The number of hydrogen-bond acceptors (Lipinski definition) is 4. The van der Waals surface area contributed by atoms with Crippen molar-refractivity contribution in [2.45, 2.75) is 13.8 Å². The first kappa shape index (κ1) is 25.5. The van der Waals surface area contributed by atoms with Gasteiger partial charge >= 0.3 is 0 Å². The highest BCUT2D eigenvalue weighted by Crippen LogP contribution is 2.41. The summed E-state index contributed by atoms with van der Waals surface area (Å²) in [6.45, 7) is 4.29.